The number of amides is 2. The molecule has 0 spiro atoms. The van der Waals surface area contributed by atoms with Gasteiger partial charge in [-0.3, -0.25) is 14.5 Å². The molecule has 166 valence electrons. The Bertz CT molecular complexity index is 1070. The number of rotatable bonds is 6. The zero-order valence-corrected chi connectivity index (χ0v) is 18.5. The first kappa shape index (κ1) is 22.0. The minimum atomic E-state index is -0.0920. The standard InChI is InChI=1S/C24H26ClN5O2/c25-21-10-5-4-9-20(21)24(32)29-14-6-13-28(15-16-29)18-23(31)27-22-11-12-26-30(22)17-19-7-2-1-3-8-19/h1-5,7-12H,6,13-18H2,(H,27,31). The minimum Gasteiger partial charge on any atom is -0.337 e. The van der Waals surface area contributed by atoms with Crippen LogP contribution in [0.15, 0.2) is 66.9 Å². The van der Waals surface area contributed by atoms with Crippen LogP contribution in [0.4, 0.5) is 5.82 Å². The van der Waals surface area contributed by atoms with Crippen molar-refractivity contribution >= 4 is 29.2 Å². The van der Waals surface area contributed by atoms with E-state index in [2.05, 4.69) is 15.3 Å². The zero-order chi connectivity index (χ0) is 22.3. The van der Waals surface area contributed by atoms with E-state index in [1.807, 2.05) is 47.4 Å². The van der Waals surface area contributed by atoms with Crippen LogP contribution >= 0.6 is 11.6 Å². The second-order valence-corrected chi connectivity index (χ2v) is 8.22. The van der Waals surface area contributed by atoms with E-state index in [-0.39, 0.29) is 18.4 Å². The maximum absolute atomic E-state index is 12.8. The third kappa shape index (κ3) is 5.55. The maximum Gasteiger partial charge on any atom is 0.255 e. The van der Waals surface area contributed by atoms with Crippen molar-refractivity contribution in [3.05, 3.63) is 83.0 Å². The van der Waals surface area contributed by atoms with Crippen molar-refractivity contribution in [2.45, 2.75) is 13.0 Å². The van der Waals surface area contributed by atoms with Crippen LogP contribution in [-0.2, 0) is 11.3 Å². The Morgan fingerprint density at radius 2 is 1.72 bits per heavy atom. The molecule has 2 heterocycles. The van der Waals surface area contributed by atoms with Gasteiger partial charge in [-0.15, -0.1) is 0 Å². The lowest BCUT2D eigenvalue weighted by atomic mass is 10.2. The van der Waals surface area contributed by atoms with E-state index in [4.69, 9.17) is 11.6 Å². The summed E-state index contributed by atoms with van der Waals surface area (Å²) in [5, 5.41) is 7.76. The molecule has 0 saturated carbocycles. The fourth-order valence-electron chi connectivity index (χ4n) is 3.84. The van der Waals surface area contributed by atoms with Crippen molar-refractivity contribution in [1.29, 1.82) is 0 Å². The highest BCUT2D eigenvalue weighted by Crippen LogP contribution is 2.18. The minimum absolute atomic E-state index is 0.0632. The average molecular weight is 452 g/mol. The highest BCUT2D eigenvalue weighted by Gasteiger charge is 2.23. The summed E-state index contributed by atoms with van der Waals surface area (Å²) in [4.78, 5) is 29.4. The fourth-order valence-corrected chi connectivity index (χ4v) is 4.06. The molecule has 4 rings (SSSR count). The van der Waals surface area contributed by atoms with E-state index in [9.17, 15) is 9.59 Å². The van der Waals surface area contributed by atoms with Crippen LogP contribution in [0.1, 0.15) is 22.3 Å². The van der Waals surface area contributed by atoms with Crippen LogP contribution in [0.2, 0.25) is 5.02 Å². The number of hydrogen-bond acceptors (Lipinski definition) is 4. The molecule has 0 unspecified atom stereocenters. The van der Waals surface area contributed by atoms with Crippen molar-refractivity contribution in [3.8, 4) is 0 Å². The number of anilines is 1. The first-order valence-electron chi connectivity index (χ1n) is 10.7. The van der Waals surface area contributed by atoms with E-state index >= 15 is 0 Å². The average Bonchev–Trinajstić information content (AvgIpc) is 3.08. The molecule has 1 aliphatic heterocycles. The van der Waals surface area contributed by atoms with Crippen molar-refractivity contribution in [1.82, 2.24) is 19.6 Å². The van der Waals surface area contributed by atoms with E-state index in [0.717, 1.165) is 18.5 Å². The lowest BCUT2D eigenvalue weighted by molar-refractivity contribution is -0.117. The van der Waals surface area contributed by atoms with Gasteiger partial charge in [0.2, 0.25) is 5.91 Å². The highest BCUT2D eigenvalue weighted by atomic mass is 35.5. The molecule has 1 saturated heterocycles. The van der Waals surface area contributed by atoms with Gasteiger partial charge in [-0.2, -0.15) is 5.10 Å². The van der Waals surface area contributed by atoms with Crippen LogP contribution in [0, 0.1) is 0 Å². The third-order valence-electron chi connectivity index (χ3n) is 5.51. The molecule has 2 aromatic carbocycles. The molecule has 0 bridgehead atoms. The quantitative estimate of drug-likeness (QED) is 0.623. The van der Waals surface area contributed by atoms with Gasteiger partial charge in [-0.05, 0) is 24.1 Å². The van der Waals surface area contributed by atoms with Gasteiger partial charge in [-0.25, -0.2) is 4.68 Å². The molecular formula is C24H26ClN5O2. The molecule has 1 aliphatic rings. The lowest BCUT2D eigenvalue weighted by Crippen LogP contribution is -2.38. The maximum atomic E-state index is 12.8. The summed E-state index contributed by atoms with van der Waals surface area (Å²) in [5.41, 5.74) is 1.63. The summed E-state index contributed by atoms with van der Waals surface area (Å²) in [6, 6.07) is 18.9. The molecule has 1 fully saturated rings. The number of carbonyl (C=O) groups excluding carboxylic acids is 2. The second kappa shape index (κ2) is 10.4. The Hall–Kier alpha value is -3.16. The van der Waals surface area contributed by atoms with Gasteiger partial charge in [-0.1, -0.05) is 54.1 Å². The SMILES string of the molecule is O=C(CN1CCCN(C(=O)c2ccccc2Cl)CC1)Nc1ccnn1Cc1ccccc1. The Balaban J connectivity index is 1.31. The number of hydrogen-bond donors (Lipinski definition) is 1. The summed E-state index contributed by atoms with van der Waals surface area (Å²) >= 11 is 6.19. The summed E-state index contributed by atoms with van der Waals surface area (Å²) in [6.45, 7) is 3.45. The van der Waals surface area contributed by atoms with Gasteiger partial charge < -0.3 is 10.2 Å². The van der Waals surface area contributed by atoms with E-state index < -0.39 is 0 Å². The van der Waals surface area contributed by atoms with Gasteiger partial charge in [0.05, 0.1) is 29.9 Å². The molecule has 0 aliphatic carbocycles. The molecule has 32 heavy (non-hydrogen) atoms. The highest BCUT2D eigenvalue weighted by molar-refractivity contribution is 6.33. The summed E-state index contributed by atoms with van der Waals surface area (Å²) in [5.74, 6) is 0.515. The molecule has 0 radical (unpaired) electrons. The second-order valence-electron chi connectivity index (χ2n) is 7.81. The Kier molecular flexibility index (Phi) is 7.19. The third-order valence-corrected chi connectivity index (χ3v) is 5.84. The van der Waals surface area contributed by atoms with Gasteiger partial charge in [0.15, 0.2) is 0 Å². The normalized spacial score (nSPS) is 14.7. The van der Waals surface area contributed by atoms with Gasteiger partial charge in [0, 0.05) is 32.2 Å². The van der Waals surface area contributed by atoms with Crippen molar-refractivity contribution in [3.63, 3.8) is 0 Å². The number of halogens is 1. The van der Waals surface area contributed by atoms with Crippen LogP contribution in [-0.4, -0.2) is 64.1 Å². The summed E-state index contributed by atoms with van der Waals surface area (Å²) < 4.78 is 1.78. The van der Waals surface area contributed by atoms with Crippen LogP contribution < -0.4 is 5.32 Å². The van der Waals surface area contributed by atoms with Crippen LogP contribution in [0.5, 0.6) is 0 Å². The van der Waals surface area contributed by atoms with Gasteiger partial charge in [0.25, 0.3) is 5.91 Å². The monoisotopic (exact) mass is 451 g/mol. The molecule has 0 atom stereocenters. The fraction of sp³-hybridized carbons (Fsp3) is 0.292. The molecule has 2 amide bonds. The predicted molar refractivity (Wildman–Crippen MR) is 125 cm³/mol. The number of nitrogens with one attached hydrogen (secondary N) is 1. The zero-order valence-electron chi connectivity index (χ0n) is 17.8. The molecular weight excluding hydrogens is 426 g/mol. The van der Waals surface area contributed by atoms with E-state index in [0.29, 0.717) is 42.6 Å². The number of aromatic nitrogens is 2. The number of benzene rings is 2. The smallest absolute Gasteiger partial charge is 0.255 e. The molecule has 3 aromatic rings. The summed E-state index contributed by atoms with van der Waals surface area (Å²) in [6.07, 6.45) is 2.48. The summed E-state index contributed by atoms with van der Waals surface area (Å²) in [7, 11) is 0. The van der Waals surface area contributed by atoms with E-state index in [1.165, 1.54) is 0 Å². The molecule has 1 aromatic heterocycles. The Labute approximate surface area is 192 Å². The van der Waals surface area contributed by atoms with Crippen LogP contribution in [0.3, 0.4) is 0 Å². The lowest BCUT2D eigenvalue weighted by Gasteiger charge is -2.22. The number of nitrogens with zero attached hydrogens (tertiary/aromatic N) is 4. The molecule has 1 N–H and O–H groups in total. The number of carbonyl (C=O) groups is 2. The molecule has 8 heteroatoms. The van der Waals surface area contributed by atoms with Crippen LogP contribution in [0.25, 0.3) is 0 Å². The molecule has 7 nitrogen and oxygen atoms in total. The first-order valence-corrected chi connectivity index (χ1v) is 11.1. The Morgan fingerprint density at radius 3 is 2.53 bits per heavy atom. The predicted octanol–water partition coefficient (Wildman–Crippen LogP) is 3.37. The van der Waals surface area contributed by atoms with Gasteiger partial charge >= 0.3 is 0 Å². The van der Waals surface area contributed by atoms with Crippen molar-refractivity contribution in [2.75, 3.05) is 38.0 Å². The van der Waals surface area contributed by atoms with Crippen molar-refractivity contribution in [2.24, 2.45) is 0 Å². The topological polar surface area (TPSA) is 70.5 Å². The van der Waals surface area contributed by atoms with Gasteiger partial charge in [0.1, 0.15) is 5.82 Å². The van der Waals surface area contributed by atoms with Crippen molar-refractivity contribution < 1.29 is 9.59 Å². The first-order chi connectivity index (χ1) is 15.6. The van der Waals surface area contributed by atoms with E-state index in [1.54, 1.807) is 29.1 Å². The Morgan fingerprint density at radius 1 is 0.938 bits per heavy atom. The largest absolute Gasteiger partial charge is 0.337 e.